The van der Waals surface area contributed by atoms with Crippen LogP contribution in [0.1, 0.15) is 54.7 Å². The number of carbonyl (C=O) groups excluding carboxylic acids is 1. The lowest BCUT2D eigenvalue weighted by atomic mass is 10.1. The van der Waals surface area contributed by atoms with Gasteiger partial charge in [-0.05, 0) is 41.5 Å². The normalized spacial score (nSPS) is 26.3. The molecule has 0 spiro atoms. The topological polar surface area (TPSA) is 142 Å². The van der Waals surface area contributed by atoms with Gasteiger partial charge in [-0.15, -0.1) is 0 Å². The van der Waals surface area contributed by atoms with E-state index in [0.29, 0.717) is 5.52 Å². The van der Waals surface area contributed by atoms with Crippen molar-refractivity contribution in [3.63, 3.8) is 0 Å². The lowest BCUT2D eigenvalue weighted by molar-refractivity contribution is -0.199. The Kier molecular flexibility index (Phi) is 7.82. The number of imidazole rings is 1. The number of nitrogens with one attached hydrogen (secondary N) is 2. The summed E-state index contributed by atoms with van der Waals surface area (Å²) in [7, 11) is 0.282. The first-order valence-electron chi connectivity index (χ1n) is 11.9. The van der Waals surface area contributed by atoms with Crippen molar-refractivity contribution >= 4 is 31.4 Å². The predicted molar refractivity (Wildman–Crippen MR) is 132 cm³/mol. The zero-order valence-corrected chi connectivity index (χ0v) is 22.7. The van der Waals surface area contributed by atoms with E-state index in [1.165, 1.54) is 17.8 Å². The van der Waals surface area contributed by atoms with E-state index < -0.39 is 44.5 Å². The largest absolute Gasteiger partial charge is 0.346 e. The second-order valence-electron chi connectivity index (χ2n) is 9.82. The molecule has 14 heteroatoms. The number of aromatic nitrogens is 4. The molecule has 2 aromatic heterocycles. The maximum Gasteiger partial charge on any atom is 0.330 e. The molecule has 0 radical (unpaired) electrons. The quantitative estimate of drug-likeness (QED) is 0.468. The van der Waals surface area contributed by atoms with Gasteiger partial charge in [-0.3, -0.25) is 4.79 Å². The van der Waals surface area contributed by atoms with Crippen LogP contribution in [0.15, 0.2) is 11.1 Å². The van der Waals surface area contributed by atoms with Gasteiger partial charge in [0, 0.05) is 26.1 Å². The summed E-state index contributed by atoms with van der Waals surface area (Å²) >= 11 is 0. The minimum atomic E-state index is -1.34. The van der Waals surface area contributed by atoms with Crippen LogP contribution in [0.2, 0.25) is 0 Å². The van der Waals surface area contributed by atoms with E-state index in [-0.39, 0.29) is 36.1 Å². The molecule has 2 aliphatic rings. The number of rotatable bonds is 9. The summed E-state index contributed by atoms with van der Waals surface area (Å²) < 4.78 is 34.1. The minimum Gasteiger partial charge on any atom is -0.346 e. The average Bonchev–Trinajstić information content (AvgIpc) is 3.38. The molecule has 0 saturated carbocycles. The third-order valence-corrected chi connectivity index (χ3v) is 7.92. The Morgan fingerprint density at radius 2 is 1.92 bits per heavy atom. The SMILES string of the molecule is COP(OC[C@H]1O[C@@H](n2c(=O)[nH]c3c(NC(C)=O)ncnc32)[C@@H]2OC(C)(C)O[C@@H]21)N(C(C)C)C(C)C. The first-order valence-corrected chi connectivity index (χ1v) is 13.1. The number of nitrogens with zero attached hydrogens (tertiary/aromatic N) is 4. The number of carbonyl (C=O) groups is 1. The molecule has 1 amide bonds. The number of anilines is 1. The number of amides is 1. The summed E-state index contributed by atoms with van der Waals surface area (Å²) in [4.78, 5) is 35.7. The molecule has 36 heavy (non-hydrogen) atoms. The van der Waals surface area contributed by atoms with E-state index in [9.17, 15) is 9.59 Å². The molecular formula is C22H35N6O7P. The molecule has 5 atom stereocenters. The first kappa shape index (κ1) is 27.1. The lowest BCUT2D eigenvalue weighted by Gasteiger charge is -2.35. The molecule has 0 bridgehead atoms. The molecule has 0 aliphatic carbocycles. The minimum absolute atomic E-state index is 0.176. The van der Waals surface area contributed by atoms with Crippen LogP contribution in [-0.2, 0) is 28.1 Å². The van der Waals surface area contributed by atoms with Gasteiger partial charge in [0.05, 0.1) is 6.61 Å². The Balaban J connectivity index is 1.63. The summed E-state index contributed by atoms with van der Waals surface area (Å²) in [5.74, 6) is -0.996. The second-order valence-corrected chi connectivity index (χ2v) is 11.4. The molecule has 2 aromatic rings. The van der Waals surface area contributed by atoms with Gasteiger partial charge in [0.1, 0.15) is 30.2 Å². The zero-order valence-electron chi connectivity index (χ0n) is 21.8. The number of fused-ring (bicyclic) bond motifs is 2. The van der Waals surface area contributed by atoms with Crippen molar-refractivity contribution in [3.8, 4) is 0 Å². The fourth-order valence-electron chi connectivity index (χ4n) is 4.76. The standard InChI is InChI=1S/C22H35N6O7P/c1-11(2)28(12(3)4)36(31-8)32-9-14-16-17(35-22(6,7)34-16)20(33-14)27-19-15(26-21(27)30)18(23-10-24-19)25-13(5)29/h10-12,14,16-17,20H,9H2,1-8H3,(H,26,30)(H,23,24,25,29)/t14-,16-,17-,20-,36?/m1/s1. The maximum absolute atomic E-state index is 13.1. The molecule has 2 saturated heterocycles. The van der Waals surface area contributed by atoms with Gasteiger partial charge in [-0.25, -0.2) is 24.0 Å². The van der Waals surface area contributed by atoms with Crippen LogP contribution < -0.4 is 11.0 Å². The fourth-order valence-corrected chi connectivity index (χ4v) is 6.22. The Hall–Kier alpha value is -1.99. The van der Waals surface area contributed by atoms with Gasteiger partial charge in [-0.2, -0.15) is 0 Å². The van der Waals surface area contributed by atoms with E-state index >= 15 is 0 Å². The summed E-state index contributed by atoms with van der Waals surface area (Å²) in [6.45, 7) is 13.5. The van der Waals surface area contributed by atoms with Crippen molar-refractivity contribution in [3.05, 3.63) is 16.8 Å². The van der Waals surface area contributed by atoms with Crippen molar-refractivity contribution < 1.29 is 28.1 Å². The Morgan fingerprint density at radius 3 is 2.53 bits per heavy atom. The van der Waals surface area contributed by atoms with Crippen LogP contribution in [0, 0.1) is 0 Å². The molecular weight excluding hydrogens is 491 g/mol. The van der Waals surface area contributed by atoms with E-state index in [2.05, 4.69) is 52.6 Å². The van der Waals surface area contributed by atoms with Crippen LogP contribution >= 0.6 is 8.53 Å². The van der Waals surface area contributed by atoms with Crippen molar-refractivity contribution in [2.24, 2.45) is 0 Å². The highest BCUT2D eigenvalue weighted by Crippen LogP contribution is 2.48. The van der Waals surface area contributed by atoms with Gasteiger partial charge >= 0.3 is 5.69 Å². The molecule has 13 nitrogen and oxygen atoms in total. The fraction of sp³-hybridized carbons (Fsp3) is 0.727. The van der Waals surface area contributed by atoms with Crippen LogP contribution in [-0.4, -0.2) is 80.0 Å². The Bertz CT molecular complexity index is 1140. The number of hydrogen-bond donors (Lipinski definition) is 2. The van der Waals surface area contributed by atoms with Crippen molar-refractivity contribution in [1.29, 1.82) is 0 Å². The van der Waals surface area contributed by atoms with Gasteiger partial charge in [-0.1, -0.05) is 0 Å². The number of aromatic amines is 1. The number of H-pyrrole nitrogens is 1. The van der Waals surface area contributed by atoms with Crippen LogP contribution in [0.3, 0.4) is 0 Å². The van der Waals surface area contributed by atoms with Gasteiger partial charge in [0.25, 0.3) is 8.53 Å². The molecule has 4 heterocycles. The van der Waals surface area contributed by atoms with Crippen molar-refractivity contribution in [1.82, 2.24) is 24.2 Å². The summed E-state index contributed by atoms with van der Waals surface area (Å²) in [6.07, 6.45) is -1.18. The molecule has 200 valence electrons. The van der Waals surface area contributed by atoms with Crippen LogP contribution in [0.5, 0.6) is 0 Å². The van der Waals surface area contributed by atoms with Crippen LogP contribution in [0.25, 0.3) is 11.2 Å². The predicted octanol–water partition coefficient (Wildman–Crippen LogP) is 2.50. The average molecular weight is 527 g/mol. The molecule has 2 fully saturated rings. The smallest absolute Gasteiger partial charge is 0.330 e. The van der Waals surface area contributed by atoms with Gasteiger partial charge in [0.15, 0.2) is 23.5 Å². The van der Waals surface area contributed by atoms with E-state index in [1.54, 1.807) is 7.11 Å². The second kappa shape index (κ2) is 10.4. The van der Waals surface area contributed by atoms with Gasteiger partial charge < -0.3 is 33.6 Å². The number of hydrogen-bond acceptors (Lipinski definition) is 10. The number of ether oxygens (including phenoxy) is 3. The first-order chi connectivity index (χ1) is 16.9. The van der Waals surface area contributed by atoms with Crippen LogP contribution in [0.4, 0.5) is 5.82 Å². The van der Waals surface area contributed by atoms with Gasteiger partial charge in [0.2, 0.25) is 5.91 Å². The van der Waals surface area contributed by atoms with E-state index in [1.807, 2.05) is 13.8 Å². The molecule has 0 aromatic carbocycles. The third kappa shape index (κ3) is 5.19. The van der Waals surface area contributed by atoms with Crippen molar-refractivity contribution in [2.45, 2.75) is 90.9 Å². The highest BCUT2D eigenvalue weighted by Gasteiger charge is 2.57. The van der Waals surface area contributed by atoms with E-state index in [0.717, 1.165) is 0 Å². The Labute approximate surface area is 210 Å². The molecule has 2 aliphatic heterocycles. The Morgan fingerprint density at radius 1 is 1.25 bits per heavy atom. The van der Waals surface area contributed by atoms with E-state index in [4.69, 9.17) is 23.3 Å². The third-order valence-electron chi connectivity index (χ3n) is 5.93. The lowest BCUT2D eigenvalue weighted by Crippen LogP contribution is -2.36. The van der Waals surface area contributed by atoms with Crippen molar-refractivity contribution in [2.75, 3.05) is 19.0 Å². The molecule has 4 rings (SSSR count). The maximum atomic E-state index is 13.1. The molecule has 2 N–H and O–H groups in total. The summed E-state index contributed by atoms with van der Waals surface area (Å²) in [6, 6.07) is 0.432. The summed E-state index contributed by atoms with van der Waals surface area (Å²) in [5.41, 5.74) is 0.103. The summed E-state index contributed by atoms with van der Waals surface area (Å²) in [5, 5.41) is 2.61. The molecule has 1 unspecified atom stereocenters. The monoisotopic (exact) mass is 526 g/mol. The zero-order chi connectivity index (χ0) is 26.4. The highest BCUT2D eigenvalue weighted by molar-refractivity contribution is 7.44. The highest BCUT2D eigenvalue weighted by atomic mass is 31.2.